The van der Waals surface area contributed by atoms with Gasteiger partial charge in [-0.05, 0) is 13.8 Å². The van der Waals surface area contributed by atoms with Crippen LogP contribution in [0.1, 0.15) is 20.3 Å². The summed E-state index contributed by atoms with van der Waals surface area (Å²) in [5.41, 5.74) is -0.407. The zero-order valence-corrected chi connectivity index (χ0v) is 10.3. The molecule has 94 valence electrons. The summed E-state index contributed by atoms with van der Waals surface area (Å²) >= 11 is 0. The number of ether oxygens (including phenoxy) is 2. The van der Waals surface area contributed by atoms with Crippen molar-refractivity contribution >= 4 is 5.91 Å². The maximum atomic E-state index is 11.6. The van der Waals surface area contributed by atoms with Crippen molar-refractivity contribution in [1.29, 1.82) is 0 Å². The Bertz CT molecular complexity index is 225. The first kappa shape index (κ1) is 13.4. The summed E-state index contributed by atoms with van der Waals surface area (Å²) in [6, 6.07) is 0. The highest BCUT2D eigenvalue weighted by atomic mass is 16.5. The van der Waals surface area contributed by atoms with Crippen molar-refractivity contribution in [1.82, 2.24) is 10.6 Å². The Morgan fingerprint density at radius 2 is 2.38 bits per heavy atom. The van der Waals surface area contributed by atoms with Gasteiger partial charge in [0, 0.05) is 26.7 Å². The van der Waals surface area contributed by atoms with Crippen LogP contribution in [0.15, 0.2) is 0 Å². The lowest BCUT2D eigenvalue weighted by Gasteiger charge is -2.25. The lowest BCUT2D eigenvalue weighted by Crippen LogP contribution is -2.46. The maximum absolute atomic E-state index is 11.6. The molecule has 1 atom stereocenters. The van der Waals surface area contributed by atoms with E-state index in [1.54, 1.807) is 7.11 Å². The number of hydrogen-bond acceptors (Lipinski definition) is 4. The molecule has 0 bridgehead atoms. The third-order valence-corrected chi connectivity index (χ3v) is 2.67. The molecule has 0 aromatic rings. The molecule has 0 spiro atoms. The second-order valence-corrected chi connectivity index (χ2v) is 4.64. The van der Waals surface area contributed by atoms with Crippen molar-refractivity contribution in [3.05, 3.63) is 0 Å². The van der Waals surface area contributed by atoms with E-state index in [-0.39, 0.29) is 12.0 Å². The monoisotopic (exact) mass is 230 g/mol. The minimum absolute atomic E-state index is 0.000948. The zero-order chi connectivity index (χ0) is 12.0. The van der Waals surface area contributed by atoms with Crippen molar-refractivity contribution < 1.29 is 14.3 Å². The van der Waals surface area contributed by atoms with Crippen LogP contribution in [0.5, 0.6) is 0 Å². The van der Waals surface area contributed by atoms with Crippen LogP contribution < -0.4 is 10.6 Å². The molecule has 0 saturated carbocycles. The van der Waals surface area contributed by atoms with Crippen LogP contribution in [0, 0.1) is 0 Å². The van der Waals surface area contributed by atoms with Gasteiger partial charge in [0.2, 0.25) is 5.91 Å². The molecule has 1 fully saturated rings. The van der Waals surface area contributed by atoms with E-state index < -0.39 is 5.60 Å². The number of morpholine rings is 1. The number of carbonyl (C=O) groups is 1. The quantitative estimate of drug-likeness (QED) is 0.693. The molecule has 0 aromatic heterocycles. The first-order chi connectivity index (χ1) is 7.53. The number of methoxy groups -OCH3 is 1. The van der Waals surface area contributed by atoms with Gasteiger partial charge in [-0.15, -0.1) is 0 Å². The van der Waals surface area contributed by atoms with E-state index in [9.17, 15) is 4.79 Å². The molecule has 0 aromatic carbocycles. The molecule has 0 radical (unpaired) electrons. The van der Waals surface area contributed by atoms with Crippen LogP contribution in [0.25, 0.3) is 0 Å². The second kappa shape index (κ2) is 6.18. The van der Waals surface area contributed by atoms with E-state index in [1.165, 1.54) is 0 Å². The Hall–Kier alpha value is -0.650. The van der Waals surface area contributed by atoms with Crippen molar-refractivity contribution in [2.75, 3.05) is 33.4 Å². The lowest BCUT2D eigenvalue weighted by atomic mass is 10.0. The molecule has 1 saturated heterocycles. The van der Waals surface area contributed by atoms with Crippen molar-refractivity contribution in [3.8, 4) is 0 Å². The maximum Gasteiger partial charge on any atom is 0.222 e. The van der Waals surface area contributed by atoms with Gasteiger partial charge in [-0.1, -0.05) is 0 Å². The van der Waals surface area contributed by atoms with Crippen LogP contribution in [0.4, 0.5) is 0 Å². The number of amides is 1. The summed E-state index contributed by atoms with van der Waals surface area (Å²) in [5, 5.41) is 6.08. The Morgan fingerprint density at radius 1 is 1.62 bits per heavy atom. The molecule has 1 amide bonds. The Kier molecular flexibility index (Phi) is 5.18. The molecule has 0 aliphatic carbocycles. The highest BCUT2D eigenvalue weighted by Gasteiger charge is 2.22. The third-order valence-electron chi connectivity index (χ3n) is 2.67. The summed E-state index contributed by atoms with van der Waals surface area (Å²) < 4.78 is 10.7. The number of nitrogens with one attached hydrogen (secondary N) is 2. The number of hydrogen-bond donors (Lipinski definition) is 2. The fourth-order valence-corrected chi connectivity index (χ4v) is 1.50. The van der Waals surface area contributed by atoms with E-state index in [2.05, 4.69) is 10.6 Å². The second-order valence-electron chi connectivity index (χ2n) is 4.64. The number of carbonyl (C=O) groups excluding carboxylic acids is 1. The summed E-state index contributed by atoms with van der Waals surface area (Å²) in [7, 11) is 1.61. The molecule has 2 N–H and O–H groups in total. The largest absolute Gasteiger partial charge is 0.378 e. The van der Waals surface area contributed by atoms with Gasteiger partial charge in [-0.25, -0.2) is 0 Å². The predicted octanol–water partition coefficient (Wildman–Crippen LogP) is -0.0939. The summed E-state index contributed by atoms with van der Waals surface area (Å²) in [6.07, 6.45) is 0.451. The lowest BCUT2D eigenvalue weighted by molar-refractivity contribution is -0.126. The van der Waals surface area contributed by atoms with E-state index in [0.29, 0.717) is 19.6 Å². The van der Waals surface area contributed by atoms with Gasteiger partial charge in [-0.2, -0.15) is 0 Å². The normalized spacial score (nSPS) is 21.8. The molecule has 1 aliphatic heterocycles. The third kappa shape index (κ3) is 4.92. The Labute approximate surface area is 96.9 Å². The summed E-state index contributed by atoms with van der Waals surface area (Å²) in [4.78, 5) is 11.6. The van der Waals surface area contributed by atoms with Crippen LogP contribution in [0.2, 0.25) is 0 Å². The van der Waals surface area contributed by atoms with Gasteiger partial charge in [0.25, 0.3) is 0 Å². The first-order valence-electron chi connectivity index (χ1n) is 5.68. The van der Waals surface area contributed by atoms with Gasteiger partial charge >= 0.3 is 0 Å². The Balaban J connectivity index is 2.19. The molecule has 16 heavy (non-hydrogen) atoms. The van der Waals surface area contributed by atoms with Gasteiger partial charge in [0.1, 0.15) is 0 Å². The number of rotatable bonds is 5. The van der Waals surface area contributed by atoms with Crippen LogP contribution in [-0.2, 0) is 14.3 Å². The molecule has 5 heteroatoms. The topological polar surface area (TPSA) is 59.6 Å². The molecule has 1 heterocycles. The highest BCUT2D eigenvalue weighted by Crippen LogP contribution is 2.12. The van der Waals surface area contributed by atoms with Gasteiger partial charge in [0.15, 0.2) is 0 Å². The SMILES string of the molecule is COC(C)(C)CC(=O)NCC1CNCCO1. The molecule has 1 unspecified atom stereocenters. The van der Waals surface area contributed by atoms with Crippen molar-refractivity contribution in [2.45, 2.75) is 32.0 Å². The van der Waals surface area contributed by atoms with E-state index >= 15 is 0 Å². The average molecular weight is 230 g/mol. The van der Waals surface area contributed by atoms with Gasteiger partial charge in [-0.3, -0.25) is 4.79 Å². The molecule has 1 aliphatic rings. The summed E-state index contributed by atoms with van der Waals surface area (Å²) in [6.45, 7) is 6.75. The van der Waals surface area contributed by atoms with E-state index in [4.69, 9.17) is 9.47 Å². The van der Waals surface area contributed by atoms with E-state index in [1.807, 2.05) is 13.8 Å². The molecular formula is C11H22N2O3. The van der Waals surface area contributed by atoms with Crippen LogP contribution in [-0.4, -0.2) is 51.0 Å². The smallest absolute Gasteiger partial charge is 0.222 e. The van der Waals surface area contributed by atoms with Crippen molar-refractivity contribution in [3.63, 3.8) is 0 Å². The first-order valence-corrected chi connectivity index (χ1v) is 5.68. The molecular weight excluding hydrogens is 208 g/mol. The standard InChI is InChI=1S/C11H22N2O3/c1-11(2,15-3)6-10(14)13-8-9-7-12-4-5-16-9/h9,12H,4-8H2,1-3H3,(H,13,14). The predicted molar refractivity (Wildman–Crippen MR) is 61.3 cm³/mol. The molecule has 5 nitrogen and oxygen atoms in total. The van der Waals surface area contributed by atoms with Gasteiger partial charge < -0.3 is 20.1 Å². The zero-order valence-electron chi connectivity index (χ0n) is 10.3. The van der Waals surface area contributed by atoms with Crippen LogP contribution in [0.3, 0.4) is 0 Å². The minimum Gasteiger partial charge on any atom is -0.378 e. The fourth-order valence-electron chi connectivity index (χ4n) is 1.50. The highest BCUT2D eigenvalue weighted by molar-refractivity contribution is 5.76. The Morgan fingerprint density at radius 3 is 2.94 bits per heavy atom. The minimum atomic E-state index is -0.407. The fraction of sp³-hybridized carbons (Fsp3) is 0.909. The van der Waals surface area contributed by atoms with Crippen LogP contribution >= 0.6 is 0 Å². The van der Waals surface area contributed by atoms with E-state index in [0.717, 1.165) is 13.1 Å². The summed E-state index contributed by atoms with van der Waals surface area (Å²) in [5.74, 6) is 0.000948. The molecule has 1 rings (SSSR count). The van der Waals surface area contributed by atoms with Crippen molar-refractivity contribution in [2.24, 2.45) is 0 Å². The average Bonchev–Trinajstić information content (AvgIpc) is 2.27. The van der Waals surface area contributed by atoms with Gasteiger partial charge in [0.05, 0.1) is 24.7 Å².